The third-order valence-electron chi connectivity index (χ3n) is 6.36. The van der Waals surface area contributed by atoms with Gasteiger partial charge in [-0.1, -0.05) is 15.9 Å². The number of nitrogens with one attached hydrogen (secondary N) is 2. The largest absolute Gasteiger partial charge is 0.380 e. The summed E-state index contributed by atoms with van der Waals surface area (Å²) >= 11 is 4.02. The molecule has 24 heavy (non-hydrogen) atoms. The van der Waals surface area contributed by atoms with E-state index in [2.05, 4.69) is 31.2 Å². The molecular weight excluding hydrogens is 368 g/mol. The molecule has 126 valence electrons. The molecule has 4 saturated carbocycles. The number of halogens is 1. The number of carbonyl (C=O) groups excluding carboxylic acids is 1. The Hall–Kier alpha value is -1.56. The van der Waals surface area contributed by atoms with Gasteiger partial charge in [-0.2, -0.15) is 0 Å². The topological polar surface area (TPSA) is 83.8 Å². The molecule has 0 radical (unpaired) electrons. The van der Waals surface area contributed by atoms with E-state index in [1.54, 1.807) is 6.20 Å². The zero-order chi connectivity index (χ0) is 16.5. The maximum Gasteiger partial charge on any atom is 0.252 e. The highest BCUT2D eigenvalue weighted by molar-refractivity contribution is 9.10. The van der Waals surface area contributed by atoms with Crippen LogP contribution in [-0.4, -0.2) is 26.2 Å². The maximum atomic E-state index is 11.9. The van der Waals surface area contributed by atoms with Gasteiger partial charge in [0.1, 0.15) is 5.65 Å². The van der Waals surface area contributed by atoms with E-state index in [9.17, 15) is 4.79 Å². The van der Waals surface area contributed by atoms with Gasteiger partial charge in [-0.15, -0.1) is 0 Å². The number of nitrogens with two attached hydrogens (primary N) is 1. The van der Waals surface area contributed by atoms with Crippen molar-refractivity contribution in [3.63, 3.8) is 0 Å². The molecule has 5 atom stereocenters. The van der Waals surface area contributed by atoms with Crippen molar-refractivity contribution in [1.82, 2.24) is 9.97 Å². The van der Waals surface area contributed by atoms with Gasteiger partial charge < -0.3 is 16.0 Å². The number of carbonyl (C=O) groups is 1. The van der Waals surface area contributed by atoms with Gasteiger partial charge in [0.25, 0.3) is 5.91 Å². The van der Waals surface area contributed by atoms with Crippen LogP contribution in [0.1, 0.15) is 42.5 Å². The van der Waals surface area contributed by atoms with Crippen molar-refractivity contribution in [2.24, 2.45) is 23.5 Å². The number of nitrogens with zero attached hydrogens (tertiary/aromatic N) is 1. The van der Waals surface area contributed by atoms with Crippen LogP contribution in [0.25, 0.3) is 11.0 Å². The second-order valence-corrected chi connectivity index (χ2v) is 9.62. The number of rotatable bonds is 3. The summed E-state index contributed by atoms with van der Waals surface area (Å²) in [6.45, 7) is 0. The van der Waals surface area contributed by atoms with Gasteiger partial charge in [-0.25, -0.2) is 4.98 Å². The first-order valence-corrected chi connectivity index (χ1v) is 9.53. The highest BCUT2D eigenvalue weighted by atomic mass is 79.9. The Morgan fingerprint density at radius 1 is 1.33 bits per heavy atom. The summed E-state index contributed by atoms with van der Waals surface area (Å²) in [6.07, 6.45) is 9.83. The molecule has 0 aliphatic heterocycles. The number of aromatic nitrogens is 2. The second kappa shape index (κ2) is 4.97. The Kier molecular flexibility index (Phi) is 3.06. The van der Waals surface area contributed by atoms with E-state index < -0.39 is 5.91 Å². The lowest BCUT2D eigenvalue weighted by atomic mass is 9.54. The number of pyridine rings is 1. The predicted molar refractivity (Wildman–Crippen MR) is 97.2 cm³/mol. The van der Waals surface area contributed by atoms with Crippen molar-refractivity contribution in [3.8, 4) is 0 Å². The third-order valence-corrected chi connectivity index (χ3v) is 7.33. The number of amides is 1. The van der Waals surface area contributed by atoms with Gasteiger partial charge in [-0.3, -0.25) is 4.79 Å². The summed E-state index contributed by atoms with van der Waals surface area (Å²) in [5, 5.41) is 4.69. The van der Waals surface area contributed by atoms with Gasteiger partial charge in [0.05, 0.1) is 11.3 Å². The van der Waals surface area contributed by atoms with Crippen molar-refractivity contribution in [1.29, 1.82) is 0 Å². The maximum absolute atomic E-state index is 11.9. The molecule has 1 amide bonds. The number of fused-ring (bicyclic) bond motifs is 1. The van der Waals surface area contributed by atoms with Crippen LogP contribution in [0.3, 0.4) is 0 Å². The molecule has 4 aliphatic carbocycles. The van der Waals surface area contributed by atoms with Crippen molar-refractivity contribution in [2.45, 2.75) is 42.5 Å². The van der Waals surface area contributed by atoms with E-state index in [0.717, 1.165) is 22.6 Å². The second-order valence-electron chi connectivity index (χ2n) is 7.94. The quantitative estimate of drug-likeness (QED) is 0.704. The van der Waals surface area contributed by atoms with E-state index in [1.807, 2.05) is 12.3 Å². The first-order chi connectivity index (χ1) is 11.5. The molecule has 4 bridgehead atoms. The smallest absolute Gasteiger partial charge is 0.252 e. The van der Waals surface area contributed by atoms with Crippen LogP contribution in [0.2, 0.25) is 0 Å². The van der Waals surface area contributed by atoms with Gasteiger partial charge in [0.15, 0.2) is 0 Å². The summed E-state index contributed by atoms with van der Waals surface area (Å²) in [5.74, 6) is 1.77. The molecule has 0 saturated heterocycles. The molecule has 2 aromatic heterocycles. The number of hydrogen-bond donors (Lipinski definition) is 3. The van der Waals surface area contributed by atoms with Crippen LogP contribution in [-0.2, 0) is 0 Å². The summed E-state index contributed by atoms with van der Waals surface area (Å²) in [7, 11) is 0. The number of primary amides is 1. The summed E-state index contributed by atoms with van der Waals surface area (Å²) < 4.78 is 0.357. The molecule has 2 heterocycles. The van der Waals surface area contributed by atoms with Crippen molar-refractivity contribution in [3.05, 3.63) is 24.0 Å². The van der Waals surface area contributed by atoms with E-state index in [1.165, 1.54) is 32.1 Å². The normalized spacial score (nSPS) is 37.0. The lowest BCUT2D eigenvalue weighted by molar-refractivity contribution is 0.0281. The fraction of sp³-hybridized carbons (Fsp3) is 0.556. The molecule has 5 nitrogen and oxygen atoms in total. The number of anilines is 1. The summed E-state index contributed by atoms with van der Waals surface area (Å²) in [4.78, 5) is 19.3. The van der Waals surface area contributed by atoms with E-state index in [0.29, 0.717) is 27.8 Å². The minimum atomic E-state index is -0.422. The molecule has 6 rings (SSSR count). The zero-order valence-corrected chi connectivity index (χ0v) is 15.0. The van der Waals surface area contributed by atoms with Gasteiger partial charge in [0.2, 0.25) is 0 Å². The summed E-state index contributed by atoms with van der Waals surface area (Å²) in [5.41, 5.74) is 7.75. The minimum Gasteiger partial charge on any atom is -0.380 e. The Morgan fingerprint density at radius 3 is 2.75 bits per heavy atom. The van der Waals surface area contributed by atoms with E-state index >= 15 is 0 Å². The first-order valence-electron chi connectivity index (χ1n) is 8.74. The molecule has 4 fully saturated rings. The lowest BCUT2D eigenvalue weighted by Gasteiger charge is -2.58. The van der Waals surface area contributed by atoms with Crippen molar-refractivity contribution in [2.75, 3.05) is 5.32 Å². The number of hydrogen-bond acceptors (Lipinski definition) is 3. The fourth-order valence-corrected chi connectivity index (χ4v) is 6.97. The van der Waals surface area contributed by atoms with Gasteiger partial charge >= 0.3 is 0 Å². The highest BCUT2D eigenvalue weighted by Crippen LogP contribution is 2.59. The number of alkyl halides is 1. The van der Waals surface area contributed by atoms with Crippen LogP contribution < -0.4 is 11.1 Å². The summed E-state index contributed by atoms with van der Waals surface area (Å²) in [6, 6.07) is 2.39. The SMILES string of the molecule is NC(=O)c1cnc2[nH]ccc2c1N[C@H]1[C@@H]2CC3C[C@H]1C[C@@](Br)(C3)C2. The average Bonchev–Trinajstić information content (AvgIpc) is 2.97. The minimum absolute atomic E-state index is 0.357. The molecule has 2 aromatic rings. The van der Waals surface area contributed by atoms with Crippen molar-refractivity contribution < 1.29 is 4.79 Å². The van der Waals surface area contributed by atoms with Crippen LogP contribution in [0.5, 0.6) is 0 Å². The van der Waals surface area contributed by atoms with Crippen LogP contribution in [0.4, 0.5) is 5.69 Å². The van der Waals surface area contributed by atoms with E-state index in [4.69, 9.17) is 5.73 Å². The molecule has 4 aliphatic rings. The first kappa shape index (κ1) is 14.8. The number of aromatic amines is 1. The standard InChI is InChI=1S/C18H21BrN4O/c19-18-5-9-3-10(6-18)14(11(4-9)7-18)23-15-12-1-2-21-17(12)22-8-13(15)16(20)24/h1-2,8-11,14H,3-7H2,(H2,20,24)(H2,21,22,23)/t9?,10-,11+,14+,18-. The highest BCUT2D eigenvalue weighted by Gasteiger charge is 2.54. The number of H-pyrrole nitrogens is 1. The fourth-order valence-electron chi connectivity index (χ4n) is 5.68. The van der Waals surface area contributed by atoms with E-state index in [-0.39, 0.29) is 0 Å². The third kappa shape index (κ3) is 2.11. The molecular formula is C18H21BrN4O. The van der Waals surface area contributed by atoms with Crippen LogP contribution >= 0.6 is 15.9 Å². The average molecular weight is 389 g/mol. The monoisotopic (exact) mass is 388 g/mol. The van der Waals surface area contributed by atoms with Crippen LogP contribution in [0, 0.1) is 17.8 Å². The predicted octanol–water partition coefficient (Wildman–Crippen LogP) is 3.42. The zero-order valence-electron chi connectivity index (χ0n) is 13.4. The lowest BCUT2D eigenvalue weighted by Crippen LogP contribution is -2.56. The molecule has 4 N–H and O–H groups in total. The van der Waals surface area contributed by atoms with Gasteiger partial charge in [0, 0.05) is 28.1 Å². The van der Waals surface area contributed by atoms with Gasteiger partial charge in [-0.05, 0) is 55.9 Å². The Labute approximate surface area is 148 Å². The van der Waals surface area contributed by atoms with Crippen LogP contribution in [0.15, 0.2) is 18.5 Å². The van der Waals surface area contributed by atoms with Crippen molar-refractivity contribution >= 4 is 38.6 Å². The molecule has 0 spiro atoms. The molecule has 1 unspecified atom stereocenters. The Bertz CT molecular complexity index is 816. The molecule has 0 aromatic carbocycles. The molecule has 6 heteroatoms. The Morgan fingerprint density at radius 2 is 2.08 bits per heavy atom. The Balaban J connectivity index is 1.54.